The summed E-state index contributed by atoms with van der Waals surface area (Å²) >= 11 is 0. The van der Waals surface area contributed by atoms with E-state index < -0.39 is 0 Å². The highest BCUT2D eigenvalue weighted by Gasteiger charge is 2.04. The first-order valence-electron chi connectivity index (χ1n) is 7.46. The molecule has 0 heterocycles. The van der Waals surface area contributed by atoms with E-state index in [-0.39, 0.29) is 5.78 Å². The second-order valence-corrected chi connectivity index (χ2v) is 4.96. The molecule has 1 N–H and O–H groups in total. The molecule has 0 radical (unpaired) electrons. The van der Waals surface area contributed by atoms with Gasteiger partial charge in [0.15, 0.2) is 17.3 Å². The molecule has 0 saturated heterocycles. The van der Waals surface area contributed by atoms with Crippen LogP contribution in [0.15, 0.2) is 54.7 Å². The Bertz CT molecular complexity index is 690. The van der Waals surface area contributed by atoms with Gasteiger partial charge in [-0.15, -0.1) is 0 Å². The van der Waals surface area contributed by atoms with Gasteiger partial charge >= 0.3 is 0 Å². The number of ether oxygens (including phenoxy) is 2. The van der Waals surface area contributed by atoms with Crippen LogP contribution in [-0.4, -0.2) is 20.0 Å². The molecule has 4 heteroatoms. The van der Waals surface area contributed by atoms with Crippen LogP contribution in [0.4, 0.5) is 5.69 Å². The van der Waals surface area contributed by atoms with Gasteiger partial charge in [-0.2, -0.15) is 0 Å². The van der Waals surface area contributed by atoms with Gasteiger partial charge in [0.05, 0.1) is 14.2 Å². The summed E-state index contributed by atoms with van der Waals surface area (Å²) in [6, 6.07) is 13.1. The van der Waals surface area contributed by atoms with Crippen LogP contribution in [0.2, 0.25) is 0 Å². The van der Waals surface area contributed by atoms with Crippen LogP contribution in [0.1, 0.15) is 22.8 Å². The summed E-state index contributed by atoms with van der Waals surface area (Å²) in [6.45, 7) is 2.09. The zero-order valence-electron chi connectivity index (χ0n) is 13.6. The number of ketones is 1. The number of allylic oxidation sites excluding steroid dienone is 1. The quantitative estimate of drug-likeness (QED) is 0.618. The molecule has 2 aromatic carbocycles. The fourth-order valence-electron chi connectivity index (χ4n) is 2.14. The van der Waals surface area contributed by atoms with E-state index >= 15 is 0 Å². The summed E-state index contributed by atoms with van der Waals surface area (Å²) in [4.78, 5) is 12.1. The topological polar surface area (TPSA) is 47.6 Å². The van der Waals surface area contributed by atoms with Crippen LogP contribution >= 0.6 is 0 Å². The van der Waals surface area contributed by atoms with Crippen molar-refractivity contribution in [3.63, 3.8) is 0 Å². The molecule has 4 nitrogen and oxygen atoms in total. The molecule has 2 aromatic rings. The van der Waals surface area contributed by atoms with Crippen LogP contribution in [0.25, 0.3) is 0 Å². The van der Waals surface area contributed by atoms with Crippen molar-refractivity contribution in [2.24, 2.45) is 0 Å². The molecule has 0 bridgehead atoms. The fraction of sp³-hybridized carbons (Fsp3) is 0.211. The lowest BCUT2D eigenvalue weighted by atomic mass is 10.1. The third-order valence-corrected chi connectivity index (χ3v) is 3.51. The van der Waals surface area contributed by atoms with Gasteiger partial charge in [0.2, 0.25) is 0 Å². The Morgan fingerprint density at radius 2 is 1.74 bits per heavy atom. The van der Waals surface area contributed by atoms with E-state index in [1.54, 1.807) is 26.5 Å². The van der Waals surface area contributed by atoms with E-state index in [1.165, 1.54) is 11.6 Å². The standard InChI is InChI=1S/C19H21NO3/c1-4-14-5-7-15(8-6-14)17(21)11-12-20-16-9-10-18(22-2)19(13-16)23-3/h5-13,20H,4H2,1-3H3/b12-11+. The molecule has 0 aliphatic rings. The van der Waals surface area contributed by atoms with Gasteiger partial charge in [0, 0.05) is 29.6 Å². The van der Waals surface area contributed by atoms with Crippen molar-refractivity contribution in [3.05, 3.63) is 65.9 Å². The molecule has 0 amide bonds. The SMILES string of the molecule is CCc1ccc(C(=O)/C=C/Nc2ccc(OC)c(OC)c2)cc1. The number of methoxy groups -OCH3 is 2. The summed E-state index contributed by atoms with van der Waals surface area (Å²) < 4.78 is 10.4. The van der Waals surface area contributed by atoms with Gasteiger partial charge in [-0.3, -0.25) is 4.79 Å². The number of nitrogens with one attached hydrogen (secondary N) is 1. The highest BCUT2D eigenvalue weighted by atomic mass is 16.5. The summed E-state index contributed by atoms with van der Waals surface area (Å²) in [7, 11) is 3.17. The summed E-state index contributed by atoms with van der Waals surface area (Å²) in [5.74, 6) is 1.25. The fourth-order valence-corrected chi connectivity index (χ4v) is 2.14. The molecule has 0 unspecified atom stereocenters. The first-order chi connectivity index (χ1) is 11.2. The molecular formula is C19H21NO3. The number of hydrogen-bond acceptors (Lipinski definition) is 4. The lowest BCUT2D eigenvalue weighted by molar-refractivity contribution is 0.104. The molecule has 0 aliphatic carbocycles. The lowest BCUT2D eigenvalue weighted by Crippen LogP contribution is -1.97. The van der Waals surface area contributed by atoms with Gasteiger partial charge in [-0.1, -0.05) is 31.2 Å². The van der Waals surface area contributed by atoms with Crippen molar-refractivity contribution in [1.29, 1.82) is 0 Å². The first-order valence-corrected chi connectivity index (χ1v) is 7.46. The summed E-state index contributed by atoms with van der Waals surface area (Å²) in [6.07, 6.45) is 4.10. The smallest absolute Gasteiger partial charge is 0.187 e. The minimum atomic E-state index is -0.0411. The van der Waals surface area contributed by atoms with Gasteiger partial charge in [-0.05, 0) is 24.1 Å². The minimum absolute atomic E-state index is 0.0411. The van der Waals surface area contributed by atoms with E-state index in [4.69, 9.17) is 9.47 Å². The maximum absolute atomic E-state index is 12.1. The molecule has 0 atom stereocenters. The highest BCUT2D eigenvalue weighted by molar-refractivity contribution is 6.04. The average molecular weight is 311 g/mol. The Kier molecular flexibility index (Phi) is 5.80. The lowest BCUT2D eigenvalue weighted by Gasteiger charge is -2.09. The Morgan fingerprint density at radius 3 is 2.35 bits per heavy atom. The molecule has 2 rings (SSSR count). The second-order valence-electron chi connectivity index (χ2n) is 4.96. The zero-order valence-corrected chi connectivity index (χ0v) is 13.6. The normalized spacial score (nSPS) is 10.6. The van der Waals surface area contributed by atoms with Crippen LogP contribution in [0.3, 0.4) is 0 Å². The van der Waals surface area contributed by atoms with Gasteiger partial charge < -0.3 is 14.8 Å². The van der Waals surface area contributed by atoms with Crippen molar-refractivity contribution in [2.45, 2.75) is 13.3 Å². The van der Waals surface area contributed by atoms with Crippen LogP contribution in [0.5, 0.6) is 11.5 Å². The van der Waals surface area contributed by atoms with Crippen molar-refractivity contribution in [3.8, 4) is 11.5 Å². The van der Waals surface area contributed by atoms with Crippen LogP contribution < -0.4 is 14.8 Å². The first kappa shape index (κ1) is 16.6. The molecule has 0 saturated carbocycles. The summed E-state index contributed by atoms with van der Waals surface area (Å²) in [5, 5.41) is 3.06. The average Bonchev–Trinajstić information content (AvgIpc) is 2.61. The Balaban J connectivity index is 2.01. The van der Waals surface area contributed by atoms with Crippen molar-refractivity contribution < 1.29 is 14.3 Å². The molecule has 0 aliphatic heterocycles. The number of hydrogen-bond donors (Lipinski definition) is 1. The Morgan fingerprint density at radius 1 is 1.04 bits per heavy atom. The molecule has 23 heavy (non-hydrogen) atoms. The summed E-state index contributed by atoms with van der Waals surface area (Å²) in [5.41, 5.74) is 2.70. The van der Waals surface area contributed by atoms with E-state index in [0.717, 1.165) is 12.1 Å². The van der Waals surface area contributed by atoms with E-state index in [1.807, 2.05) is 36.4 Å². The van der Waals surface area contributed by atoms with Crippen molar-refractivity contribution in [2.75, 3.05) is 19.5 Å². The Labute approximate surface area is 136 Å². The van der Waals surface area contributed by atoms with Gasteiger partial charge in [-0.25, -0.2) is 0 Å². The number of anilines is 1. The molecular weight excluding hydrogens is 290 g/mol. The molecule has 0 fully saturated rings. The molecule has 0 aromatic heterocycles. The number of carbonyl (C=O) groups is 1. The number of carbonyl (C=O) groups excluding carboxylic acids is 1. The maximum Gasteiger partial charge on any atom is 0.187 e. The van der Waals surface area contributed by atoms with Crippen LogP contribution in [-0.2, 0) is 6.42 Å². The highest BCUT2D eigenvalue weighted by Crippen LogP contribution is 2.29. The Hall–Kier alpha value is -2.75. The second kappa shape index (κ2) is 8.03. The predicted octanol–water partition coefficient (Wildman–Crippen LogP) is 4.07. The third kappa shape index (κ3) is 4.36. The van der Waals surface area contributed by atoms with Gasteiger partial charge in [0.1, 0.15) is 0 Å². The van der Waals surface area contributed by atoms with Crippen molar-refractivity contribution in [1.82, 2.24) is 0 Å². The minimum Gasteiger partial charge on any atom is -0.493 e. The maximum atomic E-state index is 12.1. The van der Waals surface area contributed by atoms with E-state index in [9.17, 15) is 4.79 Å². The van der Waals surface area contributed by atoms with Crippen LogP contribution in [0, 0.1) is 0 Å². The molecule has 0 spiro atoms. The number of benzene rings is 2. The van der Waals surface area contributed by atoms with E-state index in [2.05, 4.69) is 12.2 Å². The number of aryl methyl sites for hydroxylation is 1. The van der Waals surface area contributed by atoms with Crippen molar-refractivity contribution >= 4 is 11.5 Å². The largest absolute Gasteiger partial charge is 0.493 e. The van der Waals surface area contributed by atoms with Gasteiger partial charge in [0.25, 0.3) is 0 Å². The van der Waals surface area contributed by atoms with E-state index in [0.29, 0.717) is 17.1 Å². The molecule has 120 valence electrons. The zero-order chi connectivity index (χ0) is 16.7. The number of rotatable bonds is 7. The third-order valence-electron chi connectivity index (χ3n) is 3.51. The predicted molar refractivity (Wildman–Crippen MR) is 92.5 cm³/mol. The monoisotopic (exact) mass is 311 g/mol.